The molecule has 0 unspecified atom stereocenters. The molecule has 2 aromatic heterocycles. The molecule has 0 bridgehead atoms. The summed E-state index contributed by atoms with van der Waals surface area (Å²) < 4.78 is 7.41. The molecule has 198 valence electrons. The fourth-order valence-electron chi connectivity index (χ4n) is 4.71. The lowest BCUT2D eigenvalue weighted by Crippen LogP contribution is -2.44. The summed E-state index contributed by atoms with van der Waals surface area (Å²) in [5.74, 6) is 1.27. The number of ether oxygens (including phenoxy) is 1. The molecule has 11 nitrogen and oxygen atoms in total. The predicted molar refractivity (Wildman–Crippen MR) is 141 cm³/mol. The SMILES string of the molecule is CC(C)(C)OC(=O)N(c1cccc(C#N)c1)c1cc(N[C@H]2CCCN(C(=O)O)C2)nc2c(C3CC3)cnn12. The number of carboxylic acid groups (broad SMARTS) is 1. The van der Waals surface area contributed by atoms with Gasteiger partial charge in [-0.1, -0.05) is 6.07 Å². The van der Waals surface area contributed by atoms with E-state index in [4.69, 9.17) is 9.72 Å². The predicted octanol–water partition coefficient (Wildman–Crippen LogP) is 5.11. The van der Waals surface area contributed by atoms with Gasteiger partial charge in [-0.15, -0.1) is 0 Å². The number of carbonyl (C=O) groups excluding carboxylic acids is 1. The zero-order valence-electron chi connectivity index (χ0n) is 21.7. The van der Waals surface area contributed by atoms with Crippen molar-refractivity contribution < 1.29 is 19.4 Å². The van der Waals surface area contributed by atoms with E-state index in [2.05, 4.69) is 16.5 Å². The molecule has 1 aliphatic heterocycles. The van der Waals surface area contributed by atoms with Crippen LogP contribution in [0.5, 0.6) is 0 Å². The van der Waals surface area contributed by atoms with E-state index >= 15 is 0 Å². The number of carbonyl (C=O) groups is 2. The highest BCUT2D eigenvalue weighted by atomic mass is 16.6. The second kappa shape index (κ2) is 9.85. The minimum absolute atomic E-state index is 0.133. The summed E-state index contributed by atoms with van der Waals surface area (Å²) in [6.45, 7) is 6.22. The van der Waals surface area contributed by atoms with Gasteiger partial charge in [0.25, 0.3) is 0 Å². The Morgan fingerprint density at radius 1 is 1.24 bits per heavy atom. The molecule has 5 rings (SSSR count). The Bertz CT molecular complexity index is 1420. The summed E-state index contributed by atoms with van der Waals surface area (Å²) in [5, 5.41) is 27.0. The molecule has 1 saturated carbocycles. The Hall–Kier alpha value is -4.33. The summed E-state index contributed by atoms with van der Waals surface area (Å²) >= 11 is 0. The van der Waals surface area contributed by atoms with Gasteiger partial charge in [-0.3, -0.25) is 0 Å². The third-order valence-corrected chi connectivity index (χ3v) is 6.58. The van der Waals surface area contributed by atoms with Gasteiger partial charge in [-0.25, -0.2) is 19.5 Å². The second-order valence-corrected chi connectivity index (χ2v) is 10.8. The first-order valence-electron chi connectivity index (χ1n) is 12.8. The first-order valence-corrected chi connectivity index (χ1v) is 12.8. The average molecular weight is 518 g/mol. The van der Waals surface area contributed by atoms with Crippen molar-refractivity contribution in [3.8, 4) is 6.07 Å². The summed E-state index contributed by atoms with van der Waals surface area (Å²) in [5.41, 5.74) is 1.72. The number of likely N-dealkylation sites (tertiary alicyclic amines) is 1. The fourth-order valence-corrected chi connectivity index (χ4v) is 4.71. The first kappa shape index (κ1) is 25.3. The van der Waals surface area contributed by atoms with Crippen LogP contribution in [0.1, 0.15) is 63.5 Å². The summed E-state index contributed by atoms with van der Waals surface area (Å²) in [6, 6.07) is 10.5. The van der Waals surface area contributed by atoms with E-state index in [1.54, 1.807) is 61.8 Å². The Kier molecular flexibility index (Phi) is 6.57. The van der Waals surface area contributed by atoms with Gasteiger partial charge in [0.1, 0.15) is 17.2 Å². The lowest BCUT2D eigenvalue weighted by Gasteiger charge is -2.32. The molecule has 1 saturated heterocycles. The molecular formula is C27H31N7O4. The highest BCUT2D eigenvalue weighted by molar-refractivity contribution is 5.96. The Balaban J connectivity index is 1.62. The van der Waals surface area contributed by atoms with Crippen molar-refractivity contribution in [1.29, 1.82) is 5.26 Å². The first-order chi connectivity index (χ1) is 18.1. The van der Waals surface area contributed by atoms with E-state index in [9.17, 15) is 20.0 Å². The van der Waals surface area contributed by atoms with E-state index in [0.29, 0.717) is 47.5 Å². The van der Waals surface area contributed by atoms with E-state index in [1.165, 1.54) is 9.80 Å². The maximum atomic E-state index is 13.6. The quantitative estimate of drug-likeness (QED) is 0.477. The molecule has 11 heteroatoms. The number of nitrogens with one attached hydrogen (secondary N) is 1. The number of nitriles is 1. The number of nitrogens with zero attached hydrogens (tertiary/aromatic N) is 6. The molecule has 1 aliphatic carbocycles. The van der Waals surface area contributed by atoms with Crippen LogP contribution in [0, 0.1) is 11.3 Å². The third kappa shape index (κ3) is 5.34. The zero-order chi connectivity index (χ0) is 27.0. The van der Waals surface area contributed by atoms with Gasteiger partial charge >= 0.3 is 12.2 Å². The van der Waals surface area contributed by atoms with Crippen LogP contribution in [-0.4, -0.2) is 61.5 Å². The molecule has 1 aromatic carbocycles. The van der Waals surface area contributed by atoms with Crippen LogP contribution in [0.25, 0.3) is 5.65 Å². The van der Waals surface area contributed by atoms with Crippen molar-refractivity contribution in [1.82, 2.24) is 19.5 Å². The number of piperidine rings is 1. The average Bonchev–Trinajstić information content (AvgIpc) is 3.62. The van der Waals surface area contributed by atoms with Crippen LogP contribution in [0.2, 0.25) is 0 Å². The minimum Gasteiger partial charge on any atom is -0.465 e. The number of fused-ring (bicyclic) bond motifs is 1. The van der Waals surface area contributed by atoms with Crippen molar-refractivity contribution in [3.05, 3.63) is 47.7 Å². The standard InChI is InChI=1S/C27H31N7O4/c1-27(2,3)38-26(37)33(20-8-4-6-17(12-20)14-28)23-13-22(30-19-7-5-11-32(16-19)25(35)36)31-24-21(18-9-10-18)15-29-34(23)24/h4,6,8,12-13,15,18-19H,5,7,9-11,16H2,1-3H3,(H,30,31)(H,35,36)/t19-/m0/s1. The van der Waals surface area contributed by atoms with Gasteiger partial charge in [0, 0.05) is 30.8 Å². The van der Waals surface area contributed by atoms with Crippen molar-refractivity contribution >= 4 is 35.2 Å². The van der Waals surface area contributed by atoms with E-state index < -0.39 is 17.8 Å². The number of rotatable bonds is 5. The van der Waals surface area contributed by atoms with Gasteiger partial charge in [0.15, 0.2) is 5.65 Å². The van der Waals surface area contributed by atoms with Gasteiger partial charge in [-0.2, -0.15) is 14.9 Å². The lowest BCUT2D eigenvalue weighted by molar-refractivity contribution is 0.0597. The normalized spacial score (nSPS) is 17.6. The van der Waals surface area contributed by atoms with Crippen LogP contribution in [-0.2, 0) is 4.74 Å². The molecule has 0 spiro atoms. The molecule has 3 aromatic rings. The molecule has 2 N–H and O–H groups in total. The number of amides is 2. The third-order valence-electron chi connectivity index (χ3n) is 6.58. The van der Waals surface area contributed by atoms with Crippen LogP contribution in [0.3, 0.4) is 0 Å². The Labute approximate surface area is 220 Å². The fraction of sp³-hybridized carbons (Fsp3) is 0.444. The maximum Gasteiger partial charge on any atom is 0.420 e. The van der Waals surface area contributed by atoms with Crippen molar-refractivity contribution in [2.75, 3.05) is 23.3 Å². The Morgan fingerprint density at radius 3 is 2.71 bits per heavy atom. The van der Waals surface area contributed by atoms with Crippen LogP contribution in [0.15, 0.2) is 36.5 Å². The molecule has 0 radical (unpaired) electrons. The lowest BCUT2D eigenvalue weighted by atomic mass is 10.1. The number of hydrogen-bond donors (Lipinski definition) is 2. The molecule has 1 atom stereocenters. The van der Waals surface area contributed by atoms with E-state index in [0.717, 1.165) is 31.2 Å². The number of benzene rings is 1. The van der Waals surface area contributed by atoms with Crippen molar-refractivity contribution in [2.24, 2.45) is 0 Å². The molecule has 38 heavy (non-hydrogen) atoms. The molecule has 2 fully saturated rings. The summed E-state index contributed by atoms with van der Waals surface area (Å²) in [4.78, 5) is 32.9. The number of hydrogen-bond acceptors (Lipinski definition) is 7. The molecular weight excluding hydrogens is 486 g/mol. The zero-order valence-corrected chi connectivity index (χ0v) is 21.7. The monoisotopic (exact) mass is 517 g/mol. The number of anilines is 3. The topological polar surface area (TPSA) is 136 Å². The molecule has 2 aliphatic rings. The summed E-state index contributed by atoms with van der Waals surface area (Å²) in [6.07, 6.45) is 3.85. The minimum atomic E-state index is -0.944. The van der Waals surface area contributed by atoms with E-state index in [-0.39, 0.29) is 6.04 Å². The number of aromatic nitrogens is 3. The highest BCUT2D eigenvalue weighted by Gasteiger charge is 2.32. The second-order valence-electron chi connectivity index (χ2n) is 10.8. The van der Waals surface area contributed by atoms with Crippen LogP contribution in [0.4, 0.5) is 26.9 Å². The highest BCUT2D eigenvalue weighted by Crippen LogP contribution is 2.43. The molecule has 2 amide bonds. The summed E-state index contributed by atoms with van der Waals surface area (Å²) in [7, 11) is 0. The van der Waals surface area contributed by atoms with Gasteiger partial charge < -0.3 is 20.1 Å². The van der Waals surface area contributed by atoms with Crippen LogP contribution < -0.4 is 10.2 Å². The van der Waals surface area contributed by atoms with Gasteiger partial charge in [0.2, 0.25) is 0 Å². The van der Waals surface area contributed by atoms with Gasteiger partial charge in [0.05, 0.1) is 23.5 Å². The van der Waals surface area contributed by atoms with Crippen molar-refractivity contribution in [2.45, 2.75) is 64.0 Å². The molecule has 3 heterocycles. The van der Waals surface area contributed by atoms with Crippen molar-refractivity contribution in [3.63, 3.8) is 0 Å². The largest absolute Gasteiger partial charge is 0.465 e. The van der Waals surface area contributed by atoms with E-state index in [1.807, 2.05) is 0 Å². The van der Waals surface area contributed by atoms with Crippen LogP contribution >= 0.6 is 0 Å². The maximum absolute atomic E-state index is 13.6. The van der Waals surface area contributed by atoms with Gasteiger partial charge in [-0.05, 0) is 70.6 Å². The Morgan fingerprint density at radius 2 is 2.03 bits per heavy atom. The smallest absolute Gasteiger partial charge is 0.420 e.